The molecule has 1 saturated heterocycles. The van der Waals surface area contributed by atoms with Gasteiger partial charge in [-0.15, -0.1) is 4.91 Å². The molecule has 4 nitrogen and oxygen atoms in total. The molecular weight excluding hydrogens is 156 g/mol. The van der Waals surface area contributed by atoms with Crippen molar-refractivity contribution in [1.29, 1.82) is 0 Å². The first-order chi connectivity index (χ1) is 5.84. The van der Waals surface area contributed by atoms with Gasteiger partial charge in [0.05, 0.1) is 5.29 Å². The summed E-state index contributed by atoms with van der Waals surface area (Å²) in [5, 5.41) is 3.77. The molecule has 0 N–H and O–H groups in total. The Labute approximate surface area is 71.9 Å². The number of nitroso groups, excluding NO2 is 1. The Kier molecular flexibility index (Phi) is 3.70. The van der Waals surface area contributed by atoms with Gasteiger partial charge in [-0.2, -0.15) is 5.01 Å². The lowest BCUT2D eigenvalue weighted by molar-refractivity contribution is -0.131. The predicted octanol–water partition coefficient (Wildman–Crippen LogP) is 1.85. The van der Waals surface area contributed by atoms with Crippen molar-refractivity contribution in [1.82, 2.24) is 5.01 Å². The number of carbonyl (C=O) groups is 1. The maximum Gasteiger partial charge on any atom is 0.245 e. The first-order valence-corrected chi connectivity index (χ1v) is 4.48. The van der Waals surface area contributed by atoms with E-state index in [1.165, 1.54) is 6.42 Å². The van der Waals surface area contributed by atoms with E-state index in [9.17, 15) is 9.70 Å². The van der Waals surface area contributed by atoms with Crippen molar-refractivity contribution in [3.63, 3.8) is 0 Å². The normalized spacial score (nSPS) is 21.0. The van der Waals surface area contributed by atoms with Gasteiger partial charge in [-0.1, -0.05) is 19.3 Å². The molecule has 0 saturated carbocycles. The Hall–Kier alpha value is -0.930. The molecule has 1 aliphatic heterocycles. The Balaban J connectivity index is 2.46. The van der Waals surface area contributed by atoms with Crippen LogP contribution >= 0.6 is 0 Å². The molecule has 1 aliphatic rings. The number of hydrogen-bond donors (Lipinski definition) is 0. The lowest BCUT2D eigenvalue weighted by Crippen LogP contribution is -2.25. The second kappa shape index (κ2) is 4.85. The SMILES string of the molecule is O=NN1CCCCCCCC1=O. The minimum absolute atomic E-state index is 0.119. The van der Waals surface area contributed by atoms with Crippen molar-refractivity contribution in [3.05, 3.63) is 4.91 Å². The molecule has 0 aliphatic carbocycles. The average molecular weight is 170 g/mol. The highest BCUT2D eigenvalue weighted by molar-refractivity contribution is 5.75. The third-order valence-corrected chi connectivity index (χ3v) is 2.15. The summed E-state index contributed by atoms with van der Waals surface area (Å²) in [5.74, 6) is -0.119. The molecule has 0 aromatic carbocycles. The Bertz CT molecular complexity index is 170. The van der Waals surface area contributed by atoms with Gasteiger partial charge in [0.25, 0.3) is 0 Å². The summed E-state index contributed by atoms with van der Waals surface area (Å²) in [7, 11) is 0. The molecule has 12 heavy (non-hydrogen) atoms. The van der Waals surface area contributed by atoms with E-state index in [1.54, 1.807) is 0 Å². The lowest BCUT2D eigenvalue weighted by Gasteiger charge is -2.10. The van der Waals surface area contributed by atoms with E-state index in [0.717, 1.165) is 30.7 Å². The van der Waals surface area contributed by atoms with Gasteiger partial charge in [-0.25, -0.2) is 0 Å². The number of rotatable bonds is 1. The largest absolute Gasteiger partial charge is 0.273 e. The standard InChI is InChI=1S/C8H14N2O2/c11-8-6-4-2-1-3-5-7-10(8)9-12/h1-7H2. The summed E-state index contributed by atoms with van der Waals surface area (Å²) < 4.78 is 0. The molecule has 0 bridgehead atoms. The second-order valence-corrected chi connectivity index (χ2v) is 3.12. The van der Waals surface area contributed by atoms with Gasteiger partial charge < -0.3 is 0 Å². The van der Waals surface area contributed by atoms with Gasteiger partial charge in [0.15, 0.2) is 0 Å². The van der Waals surface area contributed by atoms with E-state index in [0.29, 0.717) is 13.0 Å². The molecule has 0 aromatic heterocycles. The van der Waals surface area contributed by atoms with E-state index < -0.39 is 0 Å². The molecule has 4 heteroatoms. The molecule has 0 unspecified atom stereocenters. The van der Waals surface area contributed by atoms with Gasteiger partial charge in [0.2, 0.25) is 5.91 Å². The van der Waals surface area contributed by atoms with Crippen molar-refractivity contribution >= 4 is 5.91 Å². The predicted molar refractivity (Wildman–Crippen MR) is 45.2 cm³/mol. The van der Waals surface area contributed by atoms with Crippen LogP contribution in [0.15, 0.2) is 5.29 Å². The molecular formula is C8H14N2O2. The Morgan fingerprint density at radius 3 is 2.50 bits per heavy atom. The molecule has 68 valence electrons. The fraction of sp³-hybridized carbons (Fsp3) is 0.875. The van der Waals surface area contributed by atoms with Crippen LogP contribution in [0.25, 0.3) is 0 Å². The Morgan fingerprint density at radius 1 is 1.08 bits per heavy atom. The van der Waals surface area contributed by atoms with Crippen molar-refractivity contribution in [2.45, 2.75) is 38.5 Å². The fourth-order valence-electron chi connectivity index (χ4n) is 1.41. The van der Waals surface area contributed by atoms with Crippen LogP contribution in [0.5, 0.6) is 0 Å². The monoisotopic (exact) mass is 170 g/mol. The molecule has 1 heterocycles. The highest BCUT2D eigenvalue weighted by Gasteiger charge is 2.14. The second-order valence-electron chi connectivity index (χ2n) is 3.12. The molecule has 0 atom stereocenters. The Morgan fingerprint density at radius 2 is 1.75 bits per heavy atom. The van der Waals surface area contributed by atoms with Crippen molar-refractivity contribution in [2.24, 2.45) is 5.29 Å². The van der Waals surface area contributed by atoms with Gasteiger partial charge in [0, 0.05) is 13.0 Å². The number of amides is 1. The fourth-order valence-corrected chi connectivity index (χ4v) is 1.41. The minimum Gasteiger partial charge on any atom is -0.273 e. The minimum atomic E-state index is -0.119. The number of carbonyl (C=O) groups excluding carboxylic acids is 1. The number of hydrogen-bond acceptors (Lipinski definition) is 3. The lowest BCUT2D eigenvalue weighted by atomic mass is 10.1. The van der Waals surface area contributed by atoms with Crippen LogP contribution in [0.2, 0.25) is 0 Å². The third kappa shape index (κ3) is 2.60. The van der Waals surface area contributed by atoms with Gasteiger partial charge >= 0.3 is 0 Å². The zero-order chi connectivity index (χ0) is 8.81. The quantitative estimate of drug-likeness (QED) is 0.564. The molecule has 0 aromatic rings. The first-order valence-electron chi connectivity index (χ1n) is 4.48. The van der Waals surface area contributed by atoms with Crippen LogP contribution in [0.1, 0.15) is 38.5 Å². The van der Waals surface area contributed by atoms with Gasteiger partial charge in [0.1, 0.15) is 0 Å². The van der Waals surface area contributed by atoms with Crippen molar-refractivity contribution < 1.29 is 4.79 Å². The summed E-state index contributed by atoms with van der Waals surface area (Å²) in [4.78, 5) is 21.4. The maximum absolute atomic E-state index is 11.2. The third-order valence-electron chi connectivity index (χ3n) is 2.15. The maximum atomic E-state index is 11.2. The highest BCUT2D eigenvalue weighted by atomic mass is 16.3. The summed E-state index contributed by atoms with van der Waals surface area (Å²) in [6, 6.07) is 0. The molecule has 1 amide bonds. The van der Waals surface area contributed by atoms with Crippen LogP contribution < -0.4 is 0 Å². The van der Waals surface area contributed by atoms with E-state index in [-0.39, 0.29) is 5.91 Å². The molecule has 1 rings (SSSR count). The van der Waals surface area contributed by atoms with E-state index in [2.05, 4.69) is 5.29 Å². The summed E-state index contributed by atoms with van der Waals surface area (Å²) in [6.45, 7) is 0.502. The summed E-state index contributed by atoms with van der Waals surface area (Å²) in [5.41, 5.74) is 0. The van der Waals surface area contributed by atoms with E-state index in [1.807, 2.05) is 0 Å². The van der Waals surface area contributed by atoms with Crippen molar-refractivity contribution in [3.8, 4) is 0 Å². The highest BCUT2D eigenvalue weighted by Crippen LogP contribution is 2.11. The first kappa shape index (κ1) is 9.16. The van der Waals surface area contributed by atoms with Crippen LogP contribution in [-0.2, 0) is 4.79 Å². The summed E-state index contributed by atoms with van der Waals surface area (Å²) in [6.07, 6.45) is 5.63. The molecule has 1 fully saturated rings. The topological polar surface area (TPSA) is 49.7 Å². The van der Waals surface area contributed by atoms with Crippen molar-refractivity contribution in [2.75, 3.05) is 6.54 Å². The van der Waals surface area contributed by atoms with Crippen LogP contribution in [0.3, 0.4) is 0 Å². The molecule has 0 radical (unpaired) electrons. The smallest absolute Gasteiger partial charge is 0.245 e. The van der Waals surface area contributed by atoms with E-state index >= 15 is 0 Å². The molecule has 0 spiro atoms. The van der Waals surface area contributed by atoms with Crippen LogP contribution in [0, 0.1) is 4.91 Å². The van der Waals surface area contributed by atoms with Gasteiger partial charge in [-0.05, 0) is 12.8 Å². The summed E-state index contributed by atoms with van der Waals surface area (Å²) >= 11 is 0. The van der Waals surface area contributed by atoms with Crippen LogP contribution in [-0.4, -0.2) is 17.5 Å². The van der Waals surface area contributed by atoms with E-state index in [4.69, 9.17) is 0 Å². The number of nitrogens with zero attached hydrogens (tertiary/aromatic N) is 2. The average Bonchev–Trinajstić information content (AvgIpc) is 2.17. The zero-order valence-electron chi connectivity index (χ0n) is 7.16. The van der Waals surface area contributed by atoms with Gasteiger partial charge in [-0.3, -0.25) is 4.79 Å². The van der Waals surface area contributed by atoms with Crippen LogP contribution in [0.4, 0.5) is 0 Å². The zero-order valence-corrected chi connectivity index (χ0v) is 7.16.